The Bertz CT molecular complexity index is 826. The topological polar surface area (TPSA) is 20.3 Å². The molecular weight excluding hydrogens is 408 g/mol. The molecule has 0 bridgehead atoms. The van der Waals surface area contributed by atoms with E-state index in [-0.39, 0.29) is 0 Å². The van der Waals surface area contributed by atoms with E-state index in [1.54, 1.807) is 11.6 Å². The zero-order valence-electron chi connectivity index (χ0n) is 16.3. The van der Waals surface area contributed by atoms with Gasteiger partial charge in [-0.05, 0) is 29.4 Å². The third-order valence-corrected chi connectivity index (χ3v) is 8.41. The molecule has 0 amide bonds. The summed E-state index contributed by atoms with van der Waals surface area (Å²) in [6.45, 7) is 5.95. The van der Waals surface area contributed by atoms with Gasteiger partial charge in [-0.3, -0.25) is 4.57 Å². The molecule has 0 radical (unpaired) electrons. The molecule has 2 aromatic carbocycles. The number of benzene rings is 2. The van der Waals surface area contributed by atoms with Crippen molar-refractivity contribution in [1.29, 1.82) is 0 Å². The summed E-state index contributed by atoms with van der Waals surface area (Å²) in [6, 6.07) is 19.3. The number of halogens is 2. The van der Waals surface area contributed by atoms with Crippen LogP contribution in [0.4, 0.5) is 0 Å². The molecule has 1 aliphatic rings. The van der Waals surface area contributed by atoms with Crippen LogP contribution in [0.3, 0.4) is 0 Å². The van der Waals surface area contributed by atoms with E-state index >= 15 is 0 Å². The van der Waals surface area contributed by atoms with Crippen molar-refractivity contribution in [3.05, 3.63) is 83.4 Å². The standard InChI is InChI=1S/C23H26Cl2NOP/c1-18-13-19(2)15-26(14-18)28(27,16-22(24)20-9-5-3-6-10-20)17-23(25)21-11-7-4-8-12-21/h3-12,16-19H,13-15H2,1-2H3/b22-16-,23-17-/t18-,19-/m0/s1. The number of nitrogens with zero attached hydrogens (tertiary/aromatic N) is 1. The van der Waals surface area contributed by atoms with Gasteiger partial charge in [0.2, 0.25) is 0 Å². The maximum Gasteiger partial charge on any atom is 0.196 e. The van der Waals surface area contributed by atoms with Gasteiger partial charge in [0, 0.05) is 24.7 Å². The van der Waals surface area contributed by atoms with E-state index in [1.807, 2.05) is 60.7 Å². The first-order valence-corrected chi connectivity index (χ1v) is 12.1. The van der Waals surface area contributed by atoms with Crippen LogP contribution in [0.15, 0.2) is 72.3 Å². The summed E-state index contributed by atoms with van der Waals surface area (Å²) in [5.41, 5.74) is 1.71. The summed E-state index contributed by atoms with van der Waals surface area (Å²) in [7, 11) is -3.07. The first-order valence-electron chi connectivity index (χ1n) is 9.60. The Morgan fingerprint density at radius 2 is 1.25 bits per heavy atom. The fourth-order valence-corrected chi connectivity index (χ4v) is 7.26. The Kier molecular flexibility index (Phi) is 7.23. The summed E-state index contributed by atoms with van der Waals surface area (Å²) in [6.07, 6.45) is 1.14. The van der Waals surface area contributed by atoms with Crippen LogP contribution in [0.25, 0.3) is 10.1 Å². The Balaban J connectivity index is 2.04. The van der Waals surface area contributed by atoms with Crippen molar-refractivity contribution >= 4 is 40.6 Å². The lowest BCUT2D eigenvalue weighted by molar-refractivity contribution is 0.224. The second-order valence-electron chi connectivity index (χ2n) is 7.68. The van der Waals surface area contributed by atoms with Crippen LogP contribution in [0.2, 0.25) is 0 Å². The molecule has 2 nitrogen and oxygen atoms in total. The molecule has 1 fully saturated rings. The third-order valence-electron chi connectivity index (χ3n) is 4.99. The lowest BCUT2D eigenvalue weighted by Gasteiger charge is -2.38. The fraction of sp³-hybridized carbons (Fsp3) is 0.304. The maximum absolute atomic E-state index is 14.2. The van der Waals surface area contributed by atoms with E-state index in [0.29, 0.717) is 21.9 Å². The zero-order valence-corrected chi connectivity index (χ0v) is 18.7. The molecule has 1 saturated heterocycles. The molecule has 0 spiro atoms. The van der Waals surface area contributed by atoms with Gasteiger partial charge in [0.25, 0.3) is 0 Å². The molecule has 0 aliphatic carbocycles. The molecule has 1 aliphatic heterocycles. The molecule has 5 heteroatoms. The summed E-state index contributed by atoms with van der Waals surface area (Å²) in [5.74, 6) is 4.37. The molecule has 2 aromatic rings. The van der Waals surface area contributed by atoms with E-state index in [0.717, 1.165) is 30.6 Å². The molecule has 0 aromatic heterocycles. The Morgan fingerprint density at radius 1 is 0.857 bits per heavy atom. The van der Waals surface area contributed by atoms with E-state index in [4.69, 9.17) is 23.2 Å². The molecule has 3 rings (SSSR count). The van der Waals surface area contributed by atoms with Crippen LogP contribution in [-0.2, 0) is 4.57 Å². The third kappa shape index (κ3) is 5.39. The SMILES string of the molecule is C[C@H]1C[C@H](C)CN(P(=O)(/C=C(\Cl)c2ccccc2)/C=C(\Cl)c2ccccc2)C1. The van der Waals surface area contributed by atoms with Gasteiger partial charge in [0.15, 0.2) is 7.29 Å². The molecule has 0 unspecified atom stereocenters. The molecule has 28 heavy (non-hydrogen) atoms. The molecule has 0 saturated carbocycles. The van der Waals surface area contributed by atoms with E-state index in [1.165, 1.54) is 0 Å². The van der Waals surface area contributed by atoms with Crippen LogP contribution in [-0.4, -0.2) is 17.8 Å². The van der Waals surface area contributed by atoms with Gasteiger partial charge in [-0.1, -0.05) is 97.7 Å². The molecule has 2 atom stereocenters. The van der Waals surface area contributed by atoms with Gasteiger partial charge < -0.3 is 0 Å². The number of piperidine rings is 1. The van der Waals surface area contributed by atoms with Gasteiger partial charge >= 0.3 is 0 Å². The van der Waals surface area contributed by atoms with Crippen molar-refractivity contribution < 1.29 is 4.57 Å². The van der Waals surface area contributed by atoms with Crippen LogP contribution >= 0.6 is 30.5 Å². The van der Waals surface area contributed by atoms with Crippen molar-refractivity contribution in [3.8, 4) is 0 Å². The normalized spacial score (nSPS) is 22.3. The van der Waals surface area contributed by atoms with Crippen molar-refractivity contribution in [2.75, 3.05) is 13.1 Å². The molecular formula is C23H26Cl2NOP. The van der Waals surface area contributed by atoms with Crippen LogP contribution < -0.4 is 0 Å². The van der Waals surface area contributed by atoms with Gasteiger partial charge in [-0.15, -0.1) is 0 Å². The monoisotopic (exact) mass is 433 g/mol. The predicted octanol–water partition coefficient (Wildman–Crippen LogP) is 7.72. The minimum atomic E-state index is -3.07. The van der Waals surface area contributed by atoms with Crippen molar-refractivity contribution in [2.24, 2.45) is 11.8 Å². The Labute approximate surface area is 178 Å². The first-order chi connectivity index (χ1) is 13.4. The smallest absolute Gasteiger partial charge is 0.196 e. The number of rotatable bonds is 5. The highest BCUT2D eigenvalue weighted by Gasteiger charge is 2.33. The highest BCUT2D eigenvalue weighted by Crippen LogP contribution is 2.58. The largest absolute Gasteiger partial charge is 0.297 e. The van der Waals surface area contributed by atoms with Gasteiger partial charge in [0.05, 0.1) is 10.1 Å². The van der Waals surface area contributed by atoms with E-state index in [2.05, 4.69) is 18.5 Å². The first kappa shape index (κ1) is 21.4. The maximum atomic E-state index is 14.2. The average molecular weight is 434 g/mol. The fourth-order valence-electron chi connectivity index (χ4n) is 3.75. The quantitative estimate of drug-likeness (QED) is 0.449. The minimum Gasteiger partial charge on any atom is -0.297 e. The van der Waals surface area contributed by atoms with Crippen LogP contribution in [0.5, 0.6) is 0 Å². The van der Waals surface area contributed by atoms with Gasteiger partial charge in [0.1, 0.15) is 0 Å². The summed E-state index contributed by atoms with van der Waals surface area (Å²) >= 11 is 13.2. The molecule has 148 valence electrons. The van der Waals surface area contributed by atoms with Gasteiger partial charge in [-0.2, -0.15) is 0 Å². The Morgan fingerprint density at radius 3 is 1.64 bits per heavy atom. The van der Waals surface area contributed by atoms with E-state index < -0.39 is 7.29 Å². The summed E-state index contributed by atoms with van der Waals surface area (Å²) in [5, 5.41) is 0.979. The molecule has 0 N–H and O–H groups in total. The van der Waals surface area contributed by atoms with Crippen molar-refractivity contribution in [2.45, 2.75) is 20.3 Å². The second-order valence-corrected chi connectivity index (χ2v) is 10.9. The van der Waals surface area contributed by atoms with Crippen molar-refractivity contribution in [3.63, 3.8) is 0 Å². The van der Waals surface area contributed by atoms with Crippen LogP contribution in [0.1, 0.15) is 31.4 Å². The summed E-state index contributed by atoms with van der Waals surface area (Å²) < 4.78 is 16.3. The highest BCUT2D eigenvalue weighted by atomic mass is 35.5. The Hall–Kier alpha value is -1.31. The predicted molar refractivity (Wildman–Crippen MR) is 123 cm³/mol. The highest BCUT2D eigenvalue weighted by molar-refractivity contribution is 7.68. The van der Waals surface area contributed by atoms with Crippen LogP contribution in [0, 0.1) is 11.8 Å². The number of hydrogen-bond acceptors (Lipinski definition) is 1. The van der Waals surface area contributed by atoms with E-state index in [9.17, 15) is 4.57 Å². The average Bonchev–Trinajstić information content (AvgIpc) is 2.68. The van der Waals surface area contributed by atoms with Crippen molar-refractivity contribution in [1.82, 2.24) is 4.67 Å². The number of hydrogen-bond donors (Lipinski definition) is 0. The zero-order chi connectivity index (χ0) is 20.1. The summed E-state index contributed by atoms with van der Waals surface area (Å²) in [4.78, 5) is 0. The second kappa shape index (κ2) is 9.46. The van der Waals surface area contributed by atoms with Gasteiger partial charge in [-0.25, -0.2) is 4.67 Å². The minimum absolute atomic E-state index is 0.477. The lowest BCUT2D eigenvalue weighted by Crippen LogP contribution is -2.35. The molecule has 1 heterocycles. The lowest BCUT2D eigenvalue weighted by atomic mass is 9.94.